The maximum atomic E-state index is 13.2. The number of H-pyrrole nitrogens is 1. The van der Waals surface area contributed by atoms with Crippen LogP contribution in [0, 0.1) is 25.7 Å². The number of rotatable bonds is 8. The third-order valence-electron chi connectivity index (χ3n) is 8.54. The molecule has 218 valence electrons. The van der Waals surface area contributed by atoms with Crippen molar-refractivity contribution in [3.8, 4) is 11.5 Å². The van der Waals surface area contributed by atoms with Crippen molar-refractivity contribution in [3.05, 3.63) is 49.9 Å². The fourth-order valence-corrected chi connectivity index (χ4v) is 7.02. The molecule has 3 aliphatic rings. The number of pyridine rings is 1. The van der Waals surface area contributed by atoms with Crippen LogP contribution in [-0.4, -0.2) is 41.4 Å². The Morgan fingerprint density at radius 3 is 2.48 bits per heavy atom. The SMILES string of the molecule is CSc1cc(C)[nH]c(=O)c1CNC(=O)c1cc(Cl)c2c(c1C)O[C@](C)(C1CCC(CNC3CC(F)(F)C3)CC1)O2. The van der Waals surface area contributed by atoms with Gasteiger partial charge in [-0.25, -0.2) is 8.78 Å². The molecule has 0 unspecified atom stereocenters. The molecule has 2 fully saturated rings. The predicted molar refractivity (Wildman–Crippen MR) is 152 cm³/mol. The zero-order valence-corrected chi connectivity index (χ0v) is 24.8. The van der Waals surface area contributed by atoms with Gasteiger partial charge >= 0.3 is 0 Å². The summed E-state index contributed by atoms with van der Waals surface area (Å²) in [5.41, 5.74) is 2.02. The highest BCUT2D eigenvalue weighted by Gasteiger charge is 2.48. The summed E-state index contributed by atoms with van der Waals surface area (Å²) in [6.07, 6.45) is 5.43. The summed E-state index contributed by atoms with van der Waals surface area (Å²) in [5.74, 6) is -2.32. The molecular formula is C29H36ClF2N3O4S. The van der Waals surface area contributed by atoms with Gasteiger partial charge < -0.3 is 25.1 Å². The molecule has 2 heterocycles. The van der Waals surface area contributed by atoms with Crippen LogP contribution in [0.15, 0.2) is 21.8 Å². The third-order valence-corrected chi connectivity index (χ3v) is 9.63. The Hall–Kier alpha value is -2.30. The van der Waals surface area contributed by atoms with Crippen molar-refractivity contribution in [1.29, 1.82) is 0 Å². The molecule has 5 rings (SSSR count). The average molecular weight is 596 g/mol. The monoisotopic (exact) mass is 595 g/mol. The highest BCUT2D eigenvalue weighted by Crippen LogP contribution is 2.52. The van der Waals surface area contributed by atoms with Crippen molar-refractivity contribution >= 4 is 29.3 Å². The molecule has 2 aromatic rings. The van der Waals surface area contributed by atoms with Gasteiger partial charge in [0.05, 0.1) is 5.02 Å². The lowest BCUT2D eigenvalue weighted by molar-refractivity contribution is -0.123. The van der Waals surface area contributed by atoms with E-state index in [1.807, 2.05) is 26.2 Å². The van der Waals surface area contributed by atoms with Crippen LogP contribution in [0.5, 0.6) is 11.5 Å². The largest absolute Gasteiger partial charge is 0.448 e. The summed E-state index contributed by atoms with van der Waals surface area (Å²) >= 11 is 8.05. The second kappa shape index (κ2) is 11.2. The molecule has 1 aromatic heterocycles. The number of ether oxygens (including phenoxy) is 2. The Morgan fingerprint density at radius 1 is 1.15 bits per heavy atom. The molecule has 40 heavy (non-hydrogen) atoms. The van der Waals surface area contributed by atoms with Crippen LogP contribution < -0.4 is 25.7 Å². The molecule has 0 radical (unpaired) electrons. The van der Waals surface area contributed by atoms with Crippen molar-refractivity contribution in [3.63, 3.8) is 0 Å². The summed E-state index contributed by atoms with van der Waals surface area (Å²) in [6, 6.07) is 3.39. The number of aromatic nitrogens is 1. The van der Waals surface area contributed by atoms with Crippen LogP contribution in [0.25, 0.3) is 0 Å². The molecule has 2 aliphatic carbocycles. The number of fused-ring (bicyclic) bond motifs is 1. The minimum atomic E-state index is -2.51. The molecular weight excluding hydrogens is 560 g/mol. The number of benzene rings is 1. The van der Waals surface area contributed by atoms with Gasteiger partial charge in [0.1, 0.15) is 0 Å². The lowest BCUT2D eigenvalue weighted by atomic mass is 9.78. The van der Waals surface area contributed by atoms with Crippen molar-refractivity contribution < 1.29 is 23.0 Å². The highest BCUT2D eigenvalue weighted by molar-refractivity contribution is 7.98. The number of hydrogen-bond donors (Lipinski definition) is 3. The quantitative estimate of drug-likeness (QED) is 0.325. The second-order valence-corrected chi connectivity index (χ2v) is 12.8. The maximum absolute atomic E-state index is 13.2. The molecule has 1 aliphatic heterocycles. The van der Waals surface area contributed by atoms with E-state index in [0.29, 0.717) is 39.1 Å². The number of aryl methyl sites for hydroxylation is 1. The predicted octanol–water partition coefficient (Wildman–Crippen LogP) is 5.98. The number of amides is 1. The number of nitrogens with one attached hydrogen (secondary N) is 3. The van der Waals surface area contributed by atoms with Crippen LogP contribution in [0.3, 0.4) is 0 Å². The number of alkyl halides is 2. The van der Waals surface area contributed by atoms with Gasteiger partial charge in [-0.05, 0) is 70.4 Å². The summed E-state index contributed by atoms with van der Waals surface area (Å²) in [6.45, 7) is 6.37. The minimum Gasteiger partial charge on any atom is -0.448 e. The van der Waals surface area contributed by atoms with Gasteiger partial charge in [-0.2, -0.15) is 0 Å². The van der Waals surface area contributed by atoms with E-state index in [1.54, 1.807) is 13.0 Å². The molecule has 0 bridgehead atoms. The molecule has 0 saturated heterocycles. The first-order valence-corrected chi connectivity index (χ1v) is 15.4. The summed E-state index contributed by atoms with van der Waals surface area (Å²) in [7, 11) is 0. The van der Waals surface area contributed by atoms with Crippen LogP contribution in [0.2, 0.25) is 5.02 Å². The van der Waals surface area contributed by atoms with E-state index in [4.69, 9.17) is 21.1 Å². The Morgan fingerprint density at radius 2 is 1.82 bits per heavy atom. The lowest BCUT2D eigenvalue weighted by Gasteiger charge is -2.39. The van der Waals surface area contributed by atoms with Crippen LogP contribution in [-0.2, 0) is 6.54 Å². The number of thioether (sulfide) groups is 1. The van der Waals surface area contributed by atoms with Crippen LogP contribution in [0.1, 0.15) is 72.6 Å². The molecule has 11 heteroatoms. The highest BCUT2D eigenvalue weighted by atomic mass is 35.5. The fraction of sp³-hybridized carbons (Fsp3) is 0.586. The van der Waals surface area contributed by atoms with E-state index in [2.05, 4.69) is 15.6 Å². The third kappa shape index (κ3) is 5.85. The number of halogens is 3. The summed E-state index contributed by atoms with van der Waals surface area (Å²) in [4.78, 5) is 29.3. The van der Waals surface area contributed by atoms with Crippen molar-refractivity contribution in [2.75, 3.05) is 12.8 Å². The Balaban J connectivity index is 1.22. The van der Waals surface area contributed by atoms with Gasteiger partial charge in [0.2, 0.25) is 0 Å². The van der Waals surface area contributed by atoms with E-state index in [-0.39, 0.29) is 42.8 Å². The number of carbonyl (C=O) groups is 1. The van der Waals surface area contributed by atoms with Crippen LogP contribution in [0.4, 0.5) is 8.78 Å². The first kappa shape index (κ1) is 29.2. The van der Waals surface area contributed by atoms with Gasteiger partial charge in [-0.3, -0.25) is 9.59 Å². The standard InChI is InChI=1S/C29H36ClF2N3O4S/c1-15-9-23(40-4)21(27(37)35-15)14-34-26(36)20-10-22(30)25-24(16(20)2)38-28(3,39-25)18-7-5-17(6-8-18)13-33-19-11-29(31,32)12-19/h9-10,17-19,33H,5-8,11-14H2,1-4H3,(H,34,36)(H,35,37)/t17?,18?,28-/m0/s1. The lowest BCUT2D eigenvalue weighted by Crippen LogP contribution is -2.50. The Kier molecular flexibility index (Phi) is 8.16. The van der Waals surface area contributed by atoms with Gasteiger partial charge in [-0.15, -0.1) is 11.8 Å². The molecule has 1 amide bonds. The molecule has 0 spiro atoms. The summed E-state index contributed by atoms with van der Waals surface area (Å²) < 4.78 is 38.9. The second-order valence-electron chi connectivity index (χ2n) is 11.5. The van der Waals surface area contributed by atoms with E-state index >= 15 is 0 Å². The Labute approximate surface area is 242 Å². The number of hydrogen-bond acceptors (Lipinski definition) is 6. The smallest absolute Gasteiger partial charge is 0.254 e. The van der Waals surface area contributed by atoms with E-state index < -0.39 is 11.7 Å². The first-order valence-electron chi connectivity index (χ1n) is 13.8. The zero-order chi connectivity index (χ0) is 28.8. The molecule has 2 saturated carbocycles. The average Bonchev–Trinajstić information content (AvgIpc) is 3.27. The van der Waals surface area contributed by atoms with Gasteiger partial charge in [-0.1, -0.05) is 11.6 Å². The van der Waals surface area contributed by atoms with E-state index in [9.17, 15) is 18.4 Å². The molecule has 7 nitrogen and oxygen atoms in total. The molecule has 3 N–H and O–H groups in total. The number of carbonyl (C=O) groups excluding carboxylic acids is 1. The van der Waals surface area contributed by atoms with Crippen molar-refractivity contribution in [2.24, 2.45) is 11.8 Å². The van der Waals surface area contributed by atoms with E-state index in [0.717, 1.165) is 42.8 Å². The van der Waals surface area contributed by atoms with Crippen LogP contribution >= 0.6 is 23.4 Å². The zero-order valence-electron chi connectivity index (χ0n) is 23.2. The van der Waals surface area contributed by atoms with Crippen molar-refractivity contribution in [1.82, 2.24) is 15.6 Å². The van der Waals surface area contributed by atoms with Crippen molar-refractivity contribution in [2.45, 2.75) is 88.5 Å². The summed E-state index contributed by atoms with van der Waals surface area (Å²) in [5, 5.41) is 6.45. The van der Waals surface area contributed by atoms with Gasteiger partial charge in [0, 0.05) is 65.5 Å². The Bertz CT molecular complexity index is 1350. The number of aromatic amines is 1. The van der Waals surface area contributed by atoms with Gasteiger partial charge in [0.15, 0.2) is 11.5 Å². The maximum Gasteiger partial charge on any atom is 0.254 e. The van der Waals surface area contributed by atoms with E-state index in [1.165, 1.54) is 11.8 Å². The fourth-order valence-electron chi connectivity index (χ4n) is 6.08. The first-order chi connectivity index (χ1) is 18.9. The molecule has 1 aromatic carbocycles. The molecule has 1 atom stereocenters. The van der Waals surface area contributed by atoms with Gasteiger partial charge in [0.25, 0.3) is 23.2 Å². The topological polar surface area (TPSA) is 92.5 Å². The minimum absolute atomic E-state index is 0.0659. The normalized spacial score (nSPS) is 25.5.